The topological polar surface area (TPSA) is 52.7 Å². The molecule has 0 aliphatic carbocycles. The van der Waals surface area contributed by atoms with Crippen LogP contribution in [0.15, 0.2) is 36.4 Å². The molecule has 2 aromatic rings. The van der Waals surface area contributed by atoms with E-state index in [-0.39, 0.29) is 11.5 Å². The van der Waals surface area contributed by atoms with Crippen LogP contribution in [0.2, 0.25) is 0 Å². The summed E-state index contributed by atoms with van der Waals surface area (Å²) in [5.41, 5.74) is 1.07. The summed E-state index contributed by atoms with van der Waals surface area (Å²) >= 11 is 0. The lowest BCUT2D eigenvalue weighted by molar-refractivity contribution is -0.129. The van der Waals surface area contributed by atoms with Crippen LogP contribution in [0.5, 0.6) is 0 Å². The standard InChI is InChI=1S/C19H18F3N3O2/c1-12(26)24-6-8-25(9-7-24)15-4-2-14(3-5-15)23-19(27)13-10-16(20)18(22)17(21)11-13/h2-5,10-11H,6-9H2,1H3,(H,23,27). The van der Waals surface area contributed by atoms with Gasteiger partial charge in [0.1, 0.15) is 0 Å². The van der Waals surface area contributed by atoms with Gasteiger partial charge in [0.2, 0.25) is 5.91 Å². The van der Waals surface area contributed by atoms with Crippen LogP contribution in [0, 0.1) is 17.5 Å². The lowest BCUT2D eigenvalue weighted by Gasteiger charge is -2.35. The summed E-state index contributed by atoms with van der Waals surface area (Å²) in [5, 5.41) is 2.52. The number of carbonyl (C=O) groups is 2. The molecule has 0 radical (unpaired) electrons. The average molecular weight is 377 g/mol. The lowest BCUT2D eigenvalue weighted by atomic mass is 10.1. The second-order valence-corrected chi connectivity index (χ2v) is 6.25. The number of nitrogens with one attached hydrogen (secondary N) is 1. The Hall–Kier alpha value is -3.03. The molecule has 1 fully saturated rings. The molecule has 8 heteroatoms. The van der Waals surface area contributed by atoms with Crippen LogP contribution in [0.3, 0.4) is 0 Å². The number of hydrogen-bond acceptors (Lipinski definition) is 3. The van der Waals surface area contributed by atoms with Crippen LogP contribution in [0.4, 0.5) is 24.5 Å². The number of hydrogen-bond donors (Lipinski definition) is 1. The maximum Gasteiger partial charge on any atom is 0.255 e. The molecule has 2 aromatic carbocycles. The zero-order valence-electron chi connectivity index (χ0n) is 14.6. The van der Waals surface area contributed by atoms with Gasteiger partial charge in [-0.15, -0.1) is 0 Å². The number of halogens is 3. The van der Waals surface area contributed by atoms with Crippen LogP contribution in [-0.2, 0) is 4.79 Å². The van der Waals surface area contributed by atoms with E-state index in [9.17, 15) is 22.8 Å². The number of nitrogens with zero attached hydrogens (tertiary/aromatic N) is 2. The highest BCUT2D eigenvalue weighted by Gasteiger charge is 2.19. The Morgan fingerprint density at radius 3 is 2.00 bits per heavy atom. The number of amides is 2. The molecule has 0 saturated carbocycles. The quantitative estimate of drug-likeness (QED) is 0.837. The van der Waals surface area contributed by atoms with Gasteiger partial charge < -0.3 is 15.1 Å². The summed E-state index contributed by atoms with van der Waals surface area (Å²) in [6, 6.07) is 8.25. The van der Waals surface area contributed by atoms with E-state index in [2.05, 4.69) is 10.2 Å². The van der Waals surface area contributed by atoms with Gasteiger partial charge in [0.05, 0.1) is 0 Å². The van der Waals surface area contributed by atoms with Crippen molar-refractivity contribution in [1.82, 2.24) is 4.90 Å². The average Bonchev–Trinajstić information content (AvgIpc) is 2.66. The van der Waals surface area contributed by atoms with Crippen molar-refractivity contribution in [3.8, 4) is 0 Å². The molecule has 1 N–H and O–H groups in total. The third-order valence-electron chi connectivity index (χ3n) is 4.46. The van der Waals surface area contributed by atoms with Crippen molar-refractivity contribution in [3.63, 3.8) is 0 Å². The summed E-state index contributed by atoms with van der Waals surface area (Å²) in [6.45, 7) is 4.26. The van der Waals surface area contributed by atoms with Crippen molar-refractivity contribution < 1.29 is 22.8 Å². The largest absolute Gasteiger partial charge is 0.368 e. The first-order valence-corrected chi connectivity index (χ1v) is 8.41. The van der Waals surface area contributed by atoms with E-state index in [4.69, 9.17) is 0 Å². The Balaban J connectivity index is 1.64. The highest BCUT2D eigenvalue weighted by atomic mass is 19.2. The summed E-state index contributed by atoms with van der Waals surface area (Å²) in [4.78, 5) is 27.4. The van der Waals surface area contributed by atoms with Crippen LogP contribution in [-0.4, -0.2) is 42.9 Å². The molecule has 0 atom stereocenters. The molecule has 0 aromatic heterocycles. The van der Waals surface area contributed by atoms with E-state index in [1.54, 1.807) is 24.0 Å². The zero-order valence-corrected chi connectivity index (χ0v) is 14.6. The molecule has 0 unspecified atom stereocenters. The first-order chi connectivity index (χ1) is 12.8. The van der Waals surface area contributed by atoms with E-state index < -0.39 is 23.4 Å². The third-order valence-corrected chi connectivity index (χ3v) is 4.46. The maximum absolute atomic E-state index is 13.3. The Bertz CT molecular complexity index is 840. The van der Waals surface area contributed by atoms with E-state index in [0.717, 1.165) is 5.69 Å². The molecule has 1 saturated heterocycles. The van der Waals surface area contributed by atoms with Gasteiger partial charge in [-0.1, -0.05) is 0 Å². The normalized spacial score (nSPS) is 14.2. The zero-order chi connectivity index (χ0) is 19.6. The number of carbonyl (C=O) groups excluding carboxylic acids is 2. The Labute approximate surface area is 154 Å². The molecule has 0 bridgehead atoms. The molecule has 1 heterocycles. The maximum atomic E-state index is 13.3. The van der Waals surface area contributed by atoms with Gasteiger partial charge in [0.15, 0.2) is 17.5 Å². The first-order valence-electron chi connectivity index (χ1n) is 8.41. The summed E-state index contributed by atoms with van der Waals surface area (Å²) < 4.78 is 39.5. The monoisotopic (exact) mass is 377 g/mol. The van der Waals surface area contributed by atoms with Gasteiger partial charge in [-0.2, -0.15) is 0 Å². The SMILES string of the molecule is CC(=O)N1CCN(c2ccc(NC(=O)c3cc(F)c(F)c(F)c3)cc2)CC1. The van der Waals surface area contributed by atoms with Gasteiger partial charge in [0.25, 0.3) is 5.91 Å². The Morgan fingerprint density at radius 2 is 1.48 bits per heavy atom. The fraction of sp³-hybridized carbons (Fsp3) is 0.263. The third kappa shape index (κ3) is 4.21. The van der Waals surface area contributed by atoms with Gasteiger partial charge in [-0.3, -0.25) is 9.59 Å². The lowest BCUT2D eigenvalue weighted by Crippen LogP contribution is -2.48. The molecular formula is C19H18F3N3O2. The number of piperazine rings is 1. The minimum absolute atomic E-state index is 0.0568. The molecule has 0 spiro atoms. The van der Waals surface area contributed by atoms with Gasteiger partial charge in [0, 0.05) is 50.0 Å². The molecule has 5 nitrogen and oxygen atoms in total. The minimum atomic E-state index is -1.61. The van der Waals surface area contributed by atoms with Gasteiger partial charge in [-0.05, 0) is 36.4 Å². The molecule has 1 aliphatic heterocycles. The summed E-state index contributed by atoms with van der Waals surface area (Å²) in [6.07, 6.45) is 0. The second-order valence-electron chi connectivity index (χ2n) is 6.25. The molecule has 27 heavy (non-hydrogen) atoms. The highest BCUT2D eigenvalue weighted by molar-refractivity contribution is 6.04. The second kappa shape index (κ2) is 7.69. The van der Waals surface area contributed by atoms with Crippen LogP contribution in [0.1, 0.15) is 17.3 Å². The van der Waals surface area contributed by atoms with Crippen LogP contribution >= 0.6 is 0 Å². The molecule has 3 rings (SSSR count). The van der Waals surface area contributed by atoms with Crippen LogP contribution < -0.4 is 10.2 Å². The summed E-state index contributed by atoms with van der Waals surface area (Å²) in [7, 11) is 0. The first kappa shape index (κ1) is 18.8. The predicted octanol–water partition coefficient (Wildman–Crippen LogP) is 3.02. The van der Waals surface area contributed by atoms with Crippen molar-refractivity contribution in [2.24, 2.45) is 0 Å². The fourth-order valence-electron chi connectivity index (χ4n) is 2.93. The van der Waals surface area contributed by atoms with Crippen molar-refractivity contribution in [3.05, 3.63) is 59.4 Å². The summed E-state index contributed by atoms with van der Waals surface area (Å²) in [5.74, 6) is -5.13. The predicted molar refractivity (Wildman–Crippen MR) is 95.2 cm³/mol. The molecular weight excluding hydrogens is 359 g/mol. The van der Waals surface area contributed by atoms with E-state index in [1.807, 2.05) is 12.1 Å². The smallest absolute Gasteiger partial charge is 0.255 e. The number of rotatable bonds is 3. The molecule has 1 aliphatic rings. The molecule has 2 amide bonds. The highest BCUT2D eigenvalue weighted by Crippen LogP contribution is 2.21. The van der Waals surface area contributed by atoms with E-state index in [0.29, 0.717) is 44.0 Å². The van der Waals surface area contributed by atoms with Crippen molar-refractivity contribution in [2.75, 3.05) is 36.4 Å². The Kier molecular flexibility index (Phi) is 5.34. The number of anilines is 2. The van der Waals surface area contributed by atoms with E-state index in [1.165, 1.54) is 0 Å². The van der Waals surface area contributed by atoms with Crippen molar-refractivity contribution in [1.29, 1.82) is 0 Å². The van der Waals surface area contributed by atoms with Crippen molar-refractivity contribution >= 4 is 23.2 Å². The minimum Gasteiger partial charge on any atom is -0.368 e. The van der Waals surface area contributed by atoms with Gasteiger partial charge >= 0.3 is 0 Å². The number of benzene rings is 2. The van der Waals surface area contributed by atoms with Gasteiger partial charge in [-0.25, -0.2) is 13.2 Å². The van der Waals surface area contributed by atoms with E-state index >= 15 is 0 Å². The fourth-order valence-corrected chi connectivity index (χ4v) is 2.93. The Morgan fingerprint density at radius 1 is 0.926 bits per heavy atom. The van der Waals surface area contributed by atoms with Crippen LogP contribution in [0.25, 0.3) is 0 Å². The molecule has 142 valence electrons. The van der Waals surface area contributed by atoms with Crippen molar-refractivity contribution in [2.45, 2.75) is 6.92 Å².